The van der Waals surface area contributed by atoms with Gasteiger partial charge in [0.1, 0.15) is 0 Å². The standard InChI is InChI=1S/C13H29N3O/c1-6-11(14)8-13(17)15-12(7-10(2)3)9-16(4)5/h10-12H,6-9,14H2,1-5H3,(H,15,17). The molecule has 3 N–H and O–H groups in total. The van der Waals surface area contributed by atoms with Crippen molar-refractivity contribution in [3.05, 3.63) is 0 Å². The Labute approximate surface area is 106 Å². The first kappa shape index (κ1) is 16.4. The molecule has 0 saturated heterocycles. The van der Waals surface area contributed by atoms with Crippen LogP contribution in [0.25, 0.3) is 0 Å². The van der Waals surface area contributed by atoms with Gasteiger partial charge in [-0.3, -0.25) is 4.79 Å². The molecule has 0 heterocycles. The van der Waals surface area contributed by atoms with Gasteiger partial charge in [0.05, 0.1) is 0 Å². The summed E-state index contributed by atoms with van der Waals surface area (Å²) in [5.74, 6) is 0.659. The molecule has 0 rings (SSSR count). The minimum Gasteiger partial charge on any atom is -0.352 e. The molecule has 4 heteroatoms. The van der Waals surface area contributed by atoms with E-state index in [9.17, 15) is 4.79 Å². The molecular formula is C13H29N3O. The van der Waals surface area contributed by atoms with Crippen LogP contribution in [0.15, 0.2) is 0 Å². The molecule has 4 nitrogen and oxygen atoms in total. The Morgan fingerprint density at radius 2 is 1.94 bits per heavy atom. The van der Waals surface area contributed by atoms with Crippen LogP contribution in [0.5, 0.6) is 0 Å². The zero-order valence-electron chi connectivity index (χ0n) is 12.0. The summed E-state index contributed by atoms with van der Waals surface area (Å²) in [6, 6.07) is 0.204. The lowest BCUT2D eigenvalue weighted by atomic mass is 10.0. The second-order valence-corrected chi connectivity index (χ2v) is 5.53. The number of amides is 1. The number of nitrogens with zero attached hydrogens (tertiary/aromatic N) is 1. The van der Waals surface area contributed by atoms with Gasteiger partial charge in [-0.1, -0.05) is 20.8 Å². The van der Waals surface area contributed by atoms with Crippen LogP contribution >= 0.6 is 0 Å². The third kappa shape index (κ3) is 9.12. The van der Waals surface area contributed by atoms with Gasteiger partial charge >= 0.3 is 0 Å². The zero-order chi connectivity index (χ0) is 13.4. The molecule has 0 aliphatic carbocycles. The fraction of sp³-hybridized carbons (Fsp3) is 0.923. The second-order valence-electron chi connectivity index (χ2n) is 5.53. The fourth-order valence-electron chi connectivity index (χ4n) is 1.86. The molecule has 0 spiro atoms. The van der Waals surface area contributed by atoms with Crippen LogP contribution in [0.1, 0.15) is 40.0 Å². The number of hydrogen-bond acceptors (Lipinski definition) is 3. The molecule has 2 atom stereocenters. The molecular weight excluding hydrogens is 214 g/mol. The number of hydrogen-bond donors (Lipinski definition) is 2. The molecule has 0 aliphatic heterocycles. The van der Waals surface area contributed by atoms with Gasteiger partial charge in [-0.2, -0.15) is 0 Å². The van der Waals surface area contributed by atoms with Crippen LogP contribution in [-0.4, -0.2) is 43.5 Å². The Hall–Kier alpha value is -0.610. The van der Waals surface area contributed by atoms with Gasteiger partial charge in [0.25, 0.3) is 0 Å². The van der Waals surface area contributed by atoms with Crippen LogP contribution < -0.4 is 11.1 Å². The van der Waals surface area contributed by atoms with E-state index in [1.54, 1.807) is 0 Å². The monoisotopic (exact) mass is 243 g/mol. The van der Waals surface area contributed by atoms with Gasteiger partial charge < -0.3 is 16.0 Å². The van der Waals surface area contributed by atoms with E-state index in [4.69, 9.17) is 5.73 Å². The molecule has 102 valence electrons. The lowest BCUT2D eigenvalue weighted by Crippen LogP contribution is -2.44. The van der Waals surface area contributed by atoms with Crippen molar-refractivity contribution < 1.29 is 4.79 Å². The highest BCUT2D eigenvalue weighted by molar-refractivity contribution is 5.76. The van der Waals surface area contributed by atoms with Gasteiger partial charge in [0.15, 0.2) is 0 Å². The molecule has 0 aromatic carbocycles. The Morgan fingerprint density at radius 1 is 1.35 bits per heavy atom. The summed E-state index contributed by atoms with van der Waals surface area (Å²) in [6.07, 6.45) is 2.28. The minimum atomic E-state index is -0.0194. The predicted octanol–water partition coefficient (Wildman–Crippen LogP) is 1.21. The summed E-state index contributed by atoms with van der Waals surface area (Å²) in [6.45, 7) is 7.23. The molecule has 0 radical (unpaired) electrons. The molecule has 0 aliphatic rings. The first-order valence-corrected chi connectivity index (χ1v) is 6.54. The van der Waals surface area contributed by atoms with Crippen LogP contribution in [0, 0.1) is 5.92 Å². The summed E-state index contributed by atoms with van der Waals surface area (Å²) in [7, 11) is 4.05. The molecule has 1 amide bonds. The first-order chi connectivity index (χ1) is 7.85. The molecule has 17 heavy (non-hydrogen) atoms. The van der Waals surface area contributed by atoms with Crippen molar-refractivity contribution >= 4 is 5.91 Å². The molecule has 2 unspecified atom stereocenters. The van der Waals surface area contributed by atoms with Crippen molar-refractivity contribution in [1.82, 2.24) is 10.2 Å². The highest BCUT2D eigenvalue weighted by Gasteiger charge is 2.16. The van der Waals surface area contributed by atoms with E-state index in [1.165, 1.54) is 0 Å². The summed E-state index contributed by atoms with van der Waals surface area (Å²) in [5.41, 5.74) is 5.78. The predicted molar refractivity (Wildman–Crippen MR) is 72.8 cm³/mol. The number of carbonyl (C=O) groups is 1. The number of carbonyl (C=O) groups excluding carboxylic acids is 1. The Morgan fingerprint density at radius 3 is 2.35 bits per heavy atom. The van der Waals surface area contributed by atoms with E-state index >= 15 is 0 Å². The van der Waals surface area contributed by atoms with Crippen LogP contribution in [-0.2, 0) is 4.79 Å². The molecule has 0 fully saturated rings. The third-order valence-corrected chi connectivity index (χ3v) is 2.68. The maximum Gasteiger partial charge on any atom is 0.221 e. The van der Waals surface area contributed by atoms with E-state index < -0.39 is 0 Å². The number of rotatable bonds is 8. The lowest BCUT2D eigenvalue weighted by Gasteiger charge is -2.24. The van der Waals surface area contributed by atoms with Gasteiger partial charge in [-0.15, -0.1) is 0 Å². The summed E-state index contributed by atoms with van der Waals surface area (Å²) < 4.78 is 0. The van der Waals surface area contributed by atoms with E-state index in [2.05, 4.69) is 24.1 Å². The lowest BCUT2D eigenvalue weighted by molar-refractivity contribution is -0.122. The van der Waals surface area contributed by atoms with E-state index in [0.717, 1.165) is 19.4 Å². The minimum absolute atomic E-state index is 0.0194. The van der Waals surface area contributed by atoms with Crippen molar-refractivity contribution in [2.45, 2.75) is 52.1 Å². The summed E-state index contributed by atoms with van der Waals surface area (Å²) >= 11 is 0. The van der Waals surface area contributed by atoms with Crippen LogP contribution in [0.2, 0.25) is 0 Å². The van der Waals surface area contributed by atoms with Crippen molar-refractivity contribution in [2.24, 2.45) is 11.7 Å². The maximum absolute atomic E-state index is 11.8. The van der Waals surface area contributed by atoms with Gasteiger partial charge in [0.2, 0.25) is 5.91 Å². The molecule has 0 aromatic heterocycles. The van der Waals surface area contributed by atoms with E-state index in [0.29, 0.717) is 12.3 Å². The Kier molecular flexibility index (Phi) is 8.17. The van der Waals surface area contributed by atoms with E-state index in [1.807, 2.05) is 21.0 Å². The van der Waals surface area contributed by atoms with Crippen molar-refractivity contribution in [2.75, 3.05) is 20.6 Å². The number of nitrogens with two attached hydrogens (primary N) is 1. The van der Waals surface area contributed by atoms with Crippen LogP contribution in [0.3, 0.4) is 0 Å². The Balaban J connectivity index is 4.17. The first-order valence-electron chi connectivity index (χ1n) is 6.54. The van der Waals surface area contributed by atoms with Crippen molar-refractivity contribution in [3.8, 4) is 0 Å². The maximum atomic E-state index is 11.8. The number of likely N-dealkylation sites (N-methyl/N-ethyl adjacent to an activating group) is 1. The normalized spacial score (nSPS) is 15.1. The highest BCUT2D eigenvalue weighted by atomic mass is 16.1. The highest BCUT2D eigenvalue weighted by Crippen LogP contribution is 2.06. The second kappa shape index (κ2) is 8.48. The average molecular weight is 243 g/mol. The average Bonchev–Trinajstić information content (AvgIpc) is 2.14. The Bertz CT molecular complexity index is 207. The molecule has 0 aromatic rings. The topological polar surface area (TPSA) is 58.4 Å². The molecule has 0 saturated carbocycles. The zero-order valence-corrected chi connectivity index (χ0v) is 12.0. The van der Waals surface area contributed by atoms with Gasteiger partial charge in [-0.25, -0.2) is 0 Å². The smallest absolute Gasteiger partial charge is 0.221 e. The SMILES string of the molecule is CCC(N)CC(=O)NC(CC(C)C)CN(C)C. The number of nitrogens with one attached hydrogen (secondary N) is 1. The largest absolute Gasteiger partial charge is 0.352 e. The van der Waals surface area contributed by atoms with E-state index in [-0.39, 0.29) is 18.0 Å². The van der Waals surface area contributed by atoms with Gasteiger partial charge in [0, 0.05) is 25.0 Å². The fourth-order valence-corrected chi connectivity index (χ4v) is 1.86. The summed E-state index contributed by atoms with van der Waals surface area (Å²) in [4.78, 5) is 13.9. The summed E-state index contributed by atoms with van der Waals surface area (Å²) in [5, 5.41) is 3.08. The van der Waals surface area contributed by atoms with Crippen LogP contribution in [0.4, 0.5) is 0 Å². The van der Waals surface area contributed by atoms with Crippen molar-refractivity contribution in [3.63, 3.8) is 0 Å². The van der Waals surface area contributed by atoms with Crippen molar-refractivity contribution in [1.29, 1.82) is 0 Å². The van der Waals surface area contributed by atoms with Gasteiger partial charge in [-0.05, 0) is 32.9 Å². The third-order valence-electron chi connectivity index (χ3n) is 2.68. The molecule has 0 bridgehead atoms. The quantitative estimate of drug-likeness (QED) is 0.673.